The molecule has 0 amide bonds. The van der Waals surface area contributed by atoms with E-state index in [1.165, 1.54) is 0 Å². The van der Waals surface area contributed by atoms with Crippen LogP contribution in [0.3, 0.4) is 0 Å². The van der Waals surface area contributed by atoms with E-state index >= 15 is 0 Å². The topological polar surface area (TPSA) is 37.3 Å². The first kappa shape index (κ1) is 6.07. The van der Waals surface area contributed by atoms with Crippen molar-refractivity contribution in [2.24, 2.45) is 0 Å². The zero-order chi connectivity index (χ0) is 4.99. The van der Waals surface area contributed by atoms with Crippen molar-refractivity contribution in [2.75, 3.05) is 0 Å². The van der Waals surface area contributed by atoms with Crippen LogP contribution in [0.15, 0.2) is 0 Å². The number of carboxylic acid groups (broad SMARTS) is 1. The van der Waals surface area contributed by atoms with Gasteiger partial charge in [0.15, 0.2) is 0 Å². The number of carboxylic acids is 1. The fraction of sp³-hybridized carbons (Fsp3) is 0.667. The van der Waals surface area contributed by atoms with E-state index in [9.17, 15) is 4.79 Å². The molecule has 0 spiro atoms. The van der Waals surface area contributed by atoms with Gasteiger partial charge >= 0.3 is 45.1 Å². The Labute approximate surface area is 45.7 Å². The van der Waals surface area contributed by atoms with E-state index in [0.717, 1.165) is 5.09 Å². The molecule has 3 heteroatoms. The summed E-state index contributed by atoms with van der Waals surface area (Å²) in [6.45, 7) is 0. The van der Waals surface area contributed by atoms with Crippen LogP contribution < -0.4 is 0 Å². The van der Waals surface area contributed by atoms with Crippen LogP contribution in [-0.4, -0.2) is 28.8 Å². The molecule has 0 aliphatic rings. The van der Waals surface area contributed by atoms with Gasteiger partial charge in [0.25, 0.3) is 0 Å². The van der Waals surface area contributed by atoms with Gasteiger partial charge in [0.1, 0.15) is 0 Å². The van der Waals surface area contributed by atoms with Gasteiger partial charge in [-0.3, -0.25) is 0 Å². The molecule has 0 aromatic rings. The average molecular weight is 80.0 g/mol. The zero-order valence-corrected chi connectivity index (χ0v) is 3.77. The number of hydrogen-bond acceptors (Lipinski definition) is 1. The van der Waals surface area contributed by atoms with Crippen molar-refractivity contribution in [3.05, 3.63) is 0 Å². The Morgan fingerprint density at radius 2 is 2.33 bits per heavy atom. The standard InChI is InChI=1S/C3H5O2.Li/c1-2-3(4)5;/h1-2H2,(H,4,5);. The molecule has 0 radical (unpaired) electrons. The molecule has 0 rings (SSSR count). The first-order valence-electron chi connectivity index (χ1n) is 1.99. The summed E-state index contributed by atoms with van der Waals surface area (Å²) in [5.41, 5.74) is 0. The molecule has 6 heavy (non-hydrogen) atoms. The molecule has 0 saturated heterocycles. The average Bonchev–Trinajstić information content (AvgIpc) is 1.35. The Kier molecular flexibility index (Phi) is 3.30. The first-order valence-corrected chi connectivity index (χ1v) is 1.99. The van der Waals surface area contributed by atoms with E-state index in [0.29, 0.717) is 6.42 Å². The number of carbonyl (C=O) groups is 1. The van der Waals surface area contributed by atoms with E-state index in [2.05, 4.69) is 0 Å². The van der Waals surface area contributed by atoms with E-state index in [1.807, 2.05) is 17.7 Å². The Bertz CT molecular complexity index is 52.8. The second-order valence-corrected chi connectivity index (χ2v) is 1.14. The maximum atomic E-state index is 9.60. The number of hydrogen-bond donors (Lipinski definition) is 1. The molecule has 0 bridgehead atoms. The van der Waals surface area contributed by atoms with Gasteiger partial charge in [-0.25, -0.2) is 0 Å². The van der Waals surface area contributed by atoms with E-state index < -0.39 is 5.97 Å². The summed E-state index contributed by atoms with van der Waals surface area (Å²) >= 11 is 1.84. The molecule has 0 atom stereocenters. The number of rotatable bonds is 2. The summed E-state index contributed by atoms with van der Waals surface area (Å²) in [5, 5.41) is 8.64. The molecule has 0 unspecified atom stereocenters. The summed E-state index contributed by atoms with van der Waals surface area (Å²) in [4.78, 5) is 9.60. The third-order valence-corrected chi connectivity index (χ3v) is 0.464. The predicted octanol–water partition coefficient (Wildman–Crippen LogP) is 0.0479. The molecular formula is C3H5LiO2. The van der Waals surface area contributed by atoms with Crippen molar-refractivity contribution in [1.82, 2.24) is 0 Å². The summed E-state index contributed by atoms with van der Waals surface area (Å²) in [6, 6.07) is 0. The van der Waals surface area contributed by atoms with Crippen molar-refractivity contribution in [3.8, 4) is 0 Å². The van der Waals surface area contributed by atoms with Gasteiger partial charge in [0, 0.05) is 0 Å². The summed E-state index contributed by atoms with van der Waals surface area (Å²) in [6.07, 6.45) is 0.292. The van der Waals surface area contributed by atoms with Gasteiger partial charge in [-0.1, -0.05) is 0 Å². The molecule has 2 nitrogen and oxygen atoms in total. The van der Waals surface area contributed by atoms with Gasteiger partial charge in [0.05, 0.1) is 0 Å². The van der Waals surface area contributed by atoms with Crippen molar-refractivity contribution >= 4 is 23.7 Å². The van der Waals surface area contributed by atoms with Crippen LogP contribution in [0.25, 0.3) is 0 Å². The monoisotopic (exact) mass is 80.0 g/mol. The minimum absolute atomic E-state index is 0.292. The third-order valence-electron chi connectivity index (χ3n) is 0.464. The SMILES string of the molecule is [Li][CH2]CC(=O)O. The molecule has 0 aromatic heterocycles. The molecule has 0 saturated carbocycles. The zero-order valence-electron chi connectivity index (χ0n) is 3.77. The molecule has 1 N–H and O–H groups in total. The predicted molar refractivity (Wildman–Crippen MR) is 22.8 cm³/mol. The molecular weight excluding hydrogens is 75.0 g/mol. The number of aliphatic carboxylic acids is 1. The summed E-state index contributed by atoms with van der Waals surface area (Å²) in [7, 11) is 0. The molecule has 0 aliphatic heterocycles. The first-order chi connectivity index (χ1) is 2.77. The fourth-order valence-electron chi connectivity index (χ4n) is 0.214. The summed E-state index contributed by atoms with van der Waals surface area (Å²) in [5.74, 6) is -0.711. The van der Waals surface area contributed by atoms with Crippen LogP contribution in [-0.2, 0) is 4.79 Å². The van der Waals surface area contributed by atoms with Crippen LogP contribution in [0.5, 0.6) is 0 Å². The Hall–Kier alpha value is 0.0674. The van der Waals surface area contributed by atoms with Crippen LogP contribution in [0, 0.1) is 0 Å². The van der Waals surface area contributed by atoms with Gasteiger partial charge in [-0.05, 0) is 0 Å². The Morgan fingerprint density at radius 3 is 2.33 bits per heavy atom. The quantitative estimate of drug-likeness (QED) is 0.476. The van der Waals surface area contributed by atoms with Crippen molar-refractivity contribution in [3.63, 3.8) is 0 Å². The van der Waals surface area contributed by atoms with Crippen LogP contribution in [0.4, 0.5) is 0 Å². The van der Waals surface area contributed by atoms with Crippen LogP contribution in [0.2, 0.25) is 5.09 Å². The molecule has 0 aliphatic carbocycles. The molecule has 0 heterocycles. The van der Waals surface area contributed by atoms with Crippen LogP contribution >= 0.6 is 0 Å². The van der Waals surface area contributed by atoms with Crippen molar-refractivity contribution in [2.45, 2.75) is 11.5 Å². The third kappa shape index (κ3) is 4.07. The van der Waals surface area contributed by atoms with E-state index in [1.54, 1.807) is 0 Å². The second kappa shape index (κ2) is 3.26. The van der Waals surface area contributed by atoms with E-state index in [4.69, 9.17) is 5.11 Å². The second-order valence-electron chi connectivity index (χ2n) is 1.14. The van der Waals surface area contributed by atoms with Crippen molar-refractivity contribution < 1.29 is 9.90 Å². The minimum atomic E-state index is -0.711. The summed E-state index contributed by atoms with van der Waals surface area (Å²) < 4.78 is 0. The van der Waals surface area contributed by atoms with Crippen molar-refractivity contribution in [1.29, 1.82) is 0 Å². The van der Waals surface area contributed by atoms with E-state index in [-0.39, 0.29) is 0 Å². The molecule has 0 fully saturated rings. The Morgan fingerprint density at radius 1 is 1.83 bits per heavy atom. The van der Waals surface area contributed by atoms with Crippen LogP contribution in [0.1, 0.15) is 6.42 Å². The molecule has 30 valence electrons. The fourth-order valence-corrected chi connectivity index (χ4v) is 0.214. The van der Waals surface area contributed by atoms with Gasteiger partial charge < -0.3 is 0 Å². The Balaban J connectivity index is 2.83. The normalized spacial score (nSPS) is 8.33. The van der Waals surface area contributed by atoms with Gasteiger partial charge in [0.2, 0.25) is 0 Å². The van der Waals surface area contributed by atoms with Gasteiger partial charge in [-0.15, -0.1) is 0 Å². The van der Waals surface area contributed by atoms with Gasteiger partial charge in [-0.2, -0.15) is 0 Å². The maximum absolute atomic E-state index is 9.60. The molecule has 0 aromatic carbocycles.